The van der Waals surface area contributed by atoms with Gasteiger partial charge in [-0.25, -0.2) is 0 Å². The van der Waals surface area contributed by atoms with E-state index in [2.05, 4.69) is 6.92 Å². The summed E-state index contributed by atoms with van der Waals surface area (Å²) in [5.41, 5.74) is 3.05. The van der Waals surface area contributed by atoms with Crippen LogP contribution in [0.15, 0.2) is 78.9 Å². The Morgan fingerprint density at radius 2 is 1.36 bits per heavy atom. The van der Waals surface area contributed by atoms with Gasteiger partial charge in [-0.1, -0.05) is 61.5 Å². The van der Waals surface area contributed by atoms with Crippen LogP contribution in [0.1, 0.15) is 36.6 Å². The molecule has 4 unspecified atom stereocenters. The highest BCUT2D eigenvalue weighted by Gasteiger charge is 2.54. The SMILES string of the molecule is COc1ccc(C(c2ccc(OC)cc2)N2C(=O)C(C(C)O)C2C(C)COCc2ccccc2)cc1. The number of methoxy groups -OCH3 is 2. The summed E-state index contributed by atoms with van der Waals surface area (Å²) in [5, 5.41) is 10.5. The first-order chi connectivity index (χ1) is 17.4. The Hall–Kier alpha value is -3.35. The van der Waals surface area contributed by atoms with Gasteiger partial charge in [0.15, 0.2) is 0 Å². The highest BCUT2D eigenvalue weighted by molar-refractivity contribution is 5.87. The number of aliphatic hydroxyl groups is 1. The number of likely N-dealkylation sites (tertiary alicyclic amines) is 1. The van der Waals surface area contributed by atoms with E-state index in [0.29, 0.717) is 13.2 Å². The highest BCUT2D eigenvalue weighted by Crippen LogP contribution is 2.44. The van der Waals surface area contributed by atoms with Crippen molar-refractivity contribution in [3.8, 4) is 11.5 Å². The van der Waals surface area contributed by atoms with Gasteiger partial charge in [0.1, 0.15) is 11.5 Å². The third kappa shape index (κ3) is 5.40. The number of rotatable bonds is 11. The van der Waals surface area contributed by atoms with Gasteiger partial charge in [0.25, 0.3) is 0 Å². The lowest BCUT2D eigenvalue weighted by Gasteiger charge is -2.54. The molecule has 1 aliphatic rings. The number of hydrogen-bond acceptors (Lipinski definition) is 5. The smallest absolute Gasteiger partial charge is 0.231 e. The minimum absolute atomic E-state index is 0.0185. The van der Waals surface area contributed by atoms with E-state index < -0.39 is 12.0 Å². The van der Waals surface area contributed by atoms with Crippen molar-refractivity contribution in [2.24, 2.45) is 11.8 Å². The standard InChI is InChI=1S/C30H35NO5/c1-20(18-36-19-22-8-6-5-7-9-22)28-27(21(2)32)30(33)31(28)29(23-10-14-25(34-3)15-11-23)24-12-16-26(35-4)17-13-24/h5-17,20-21,27-29,32H,18-19H2,1-4H3. The maximum atomic E-state index is 13.5. The second kappa shape index (κ2) is 11.6. The van der Waals surface area contributed by atoms with Crippen LogP contribution in [0.4, 0.5) is 0 Å². The number of carbonyl (C=O) groups excluding carboxylic acids is 1. The average molecular weight is 490 g/mol. The Labute approximate surface area is 213 Å². The summed E-state index contributed by atoms with van der Waals surface area (Å²) in [6, 6.07) is 25.1. The van der Waals surface area contributed by atoms with Crippen LogP contribution in [0.5, 0.6) is 11.5 Å². The summed E-state index contributed by atoms with van der Waals surface area (Å²) in [5.74, 6) is 0.998. The fraction of sp³-hybridized carbons (Fsp3) is 0.367. The Bertz CT molecular complexity index is 1070. The van der Waals surface area contributed by atoms with Gasteiger partial charge < -0.3 is 24.2 Å². The number of carbonyl (C=O) groups is 1. The van der Waals surface area contributed by atoms with Gasteiger partial charge in [-0.05, 0) is 47.9 Å². The molecule has 6 heteroatoms. The minimum Gasteiger partial charge on any atom is -0.497 e. The van der Waals surface area contributed by atoms with Crippen molar-refractivity contribution >= 4 is 5.91 Å². The number of hydrogen-bond donors (Lipinski definition) is 1. The summed E-state index contributed by atoms with van der Waals surface area (Å²) < 4.78 is 16.7. The molecule has 3 aromatic rings. The summed E-state index contributed by atoms with van der Waals surface area (Å²) in [7, 11) is 3.27. The predicted molar refractivity (Wildman–Crippen MR) is 139 cm³/mol. The molecule has 1 N–H and O–H groups in total. The molecule has 0 spiro atoms. The van der Waals surface area contributed by atoms with Crippen molar-refractivity contribution in [2.75, 3.05) is 20.8 Å². The lowest BCUT2D eigenvalue weighted by Crippen LogP contribution is -2.67. The van der Waals surface area contributed by atoms with Crippen LogP contribution in [0, 0.1) is 11.8 Å². The van der Waals surface area contributed by atoms with Gasteiger partial charge in [-0.15, -0.1) is 0 Å². The zero-order valence-corrected chi connectivity index (χ0v) is 21.3. The minimum atomic E-state index is -0.747. The van der Waals surface area contributed by atoms with E-state index in [1.807, 2.05) is 83.8 Å². The summed E-state index contributed by atoms with van der Waals surface area (Å²) in [6.45, 7) is 4.76. The van der Waals surface area contributed by atoms with E-state index >= 15 is 0 Å². The molecule has 0 bridgehead atoms. The van der Waals surface area contributed by atoms with Gasteiger partial charge >= 0.3 is 0 Å². The molecule has 190 valence electrons. The maximum Gasteiger partial charge on any atom is 0.231 e. The van der Waals surface area contributed by atoms with E-state index in [1.165, 1.54) is 0 Å². The fourth-order valence-corrected chi connectivity index (χ4v) is 5.10. The largest absolute Gasteiger partial charge is 0.497 e. The van der Waals surface area contributed by atoms with E-state index in [1.54, 1.807) is 21.1 Å². The van der Waals surface area contributed by atoms with Gasteiger partial charge in [0.2, 0.25) is 5.91 Å². The molecule has 4 atom stereocenters. The van der Waals surface area contributed by atoms with E-state index in [0.717, 1.165) is 28.2 Å². The Kier molecular flexibility index (Phi) is 8.28. The van der Waals surface area contributed by atoms with Crippen molar-refractivity contribution in [1.29, 1.82) is 0 Å². The first-order valence-corrected chi connectivity index (χ1v) is 12.3. The van der Waals surface area contributed by atoms with E-state index in [4.69, 9.17) is 14.2 Å². The molecule has 0 aliphatic carbocycles. The Morgan fingerprint density at radius 3 is 1.83 bits per heavy atom. The van der Waals surface area contributed by atoms with Gasteiger partial charge in [-0.3, -0.25) is 4.79 Å². The summed E-state index contributed by atoms with van der Waals surface area (Å²) in [4.78, 5) is 15.4. The van der Waals surface area contributed by atoms with Crippen molar-refractivity contribution in [1.82, 2.24) is 4.90 Å². The monoisotopic (exact) mass is 489 g/mol. The number of ether oxygens (including phenoxy) is 3. The molecule has 36 heavy (non-hydrogen) atoms. The molecule has 1 saturated heterocycles. The van der Waals surface area contributed by atoms with E-state index in [9.17, 15) is 9.90 Å². The summed E-state index contributed by atoms with van der Waals surface area (Å²) in [6.07, 6.45) is -0.747. The van der Waals surface area contributed by atoms with Gasteiger partial charge in [0.05, 0.1) is 51.5 Å². The lowest BCUT2D eigenvalue weighted by molar-refractivity contribution is -0.174. The number of benzene rings is 3. The fourth-order valence-electron chi connectivity index (χ4n) is 5.10. The topological polar surface area (TPSA) is 68.2 Å². The molecule has 4 rings (SSSR count). The molecule has 6 nitrogen and oxygen atoms in total. The van der Waals surface area contributed by atoms with Crippen LogP contribution >= 0.6 is 0 Å². The lowest BCUT2D eigenvalue weighted by atomic mass is 9.74. The first kappa shape index (κ1) is 25.7. The van der Waals surface area contributed by atoms with Gasteiger partial charge in [-0.2, -0.15) is 0 Å². The second-order valence-corrected chi connectivity index (χ2v) is 9.43. The van der Waals surface area contributed by atoms with Crippen molar-refractivity contribution in [3.05, 3.63) is 95.6 Å². The van der Waals surface area contributed by atoms with E-state index in [-0.39, 0.29) is 23.9 Å². The quantitative estimate of drug-likeness (QED) is 0.390. The number of β-lactam (4-membered cyclic amide) rings is 1. The molecule has 1 amide bonds. The zero-order chi connectivity index (χ0) is 25.7. The molecular weight excluding hydrogens is 454 g/mol. The maximum absolute atomic E-state index is 13.5. The molecule has 0 saturated carbocycles. The van der Waals surface area contributed by atoms with Crippen LogP contribution < -0.4 is 9.47 Å². The van der Waals surface area contributed by atoms with Crippen LogP contribution in [0.3, 0.4) is 0 Å². The number of aliphatic hydroxyl groups excluding tert-OH is 1. The van der Waals surface area contributed by atoms with Crippen molar-refractivity contribution in [2.45, 2.75) is 38.6 Å². The molecule has 1 heterocycles. The zero-order valence-electron chi connectivity index (χ0n) is 21.3. The number of amides is 1. The van der Waals surface area contributed by atoms with Gasteiger partial charge in [0, 0.05) is 5.92 Å². The Balaban J connectivity index is 1.63. The van der Waals surface area contributed by atoms with Crippen LogP contribution in [0.25, 0.3) is 0 Å². The van der Waals surface area contributed by atoms with Crippen LogP contribution in [-0.2, 0) is 16.1 Å². The summed E-state index contributed by atoms with van der Waals surface area (Å²) >= 11 is 0. The predicted octanol–water partition coefficient (Wildman–Crippen LogP) is 4.85. The molecule has 1 aliphatic heterocycles. The third-order valence-electron chi connectivity index (χ3n) is 6.97. The molecular formula is C30H35NO5. The Morgan fingerprint density at radius 1 is 0.833 bits per heavy atom. The number of nitrogens with zero attached hydrogens (tertiary/aromatic N) is 1. The molecule has 0 radical (unpaired) electrons. The normalized spacial score (nSPS) is 19.1. The van der Waals surface area contributed by atoms with Crippen LogP contribution in [-0.4, -0.2) is 48.9 Å². The third-order valence-corrected chi connectivity index (χ3v) is 6.97. The molecule has 3 aromatic carbocycles. The van der Waals surface area contributed by atoms with Crippen molar-refractivity contribution in [3.63, 3.8) is 0 Å². The first-order valence-electron chi connectivity index (χ1n) is 12.3. The second-order valence-electron chi connectivity index (χ2n) is 9.43. The average Bonchev–Trinajstić information content (AvgIpc) is 2.90. The van der Waals surface area contributed by atoms with Crippen LogP contribution in [0.2, 0.25) is 0 Å². The van der Waals surface area contributed by atoms with Crippen molar-refractivity contribution < 1.29 is 24.1 Å². The highest BCUT2D eigenvalue weighted by atomic mass is 16.5. The molecule has 1 fully saturated rings. The molecule has 0 aromatic heterocycles.